The number of carbonyl (C=O) groups excluding carboxylic acids is 1. The number of hydrogen-bond acceptors (Lipinski definition) is 4. The lowest BCUT2D eigenvalue weighted by atomic mass is 10.0. The fraction of sp³-hybridized carbons (Fsp3) is 0.182. The van der Waals surface area contributed by atoms with Crippen molar-refractivity contribution in [1.29, 1.82) is 0 Å². The molecule has 0 aliphatic rings. The molecule has 5 nitrogen and oxygen atoms in total. The minimum absolute atomic E-state index is 0.103. The van der Waals surface area contributed by atoms with Crippen molar-refractivity contribution in [3.63, 3.8) is 0 Å². The maximum Gasteiger partial charge on any atom is 0.277 e. The normalized spacial score (nSPS) is 10.9. The van der Waals surface area contributed by atoms with Crippen molar-refractivity contribution in [1.82, 2.24) is 5.43 Å². The van der Waals surface area contributed by atoms with Crippen LogP contribution in [0, 0.1) is 13.8 Å². The van der Waals surface area contributed by atoms with Crippen molar-refractivity contribution in [3.05, 3.63) is 71.3 Å². The Kier molecular flexibility index (Phi) is 5.71. The molecule has 0 saturated heterocycles. The summed E-state index contributed by atoms with van der Waals surface area (Å²) in [5.74, 6) is 1.06. The fourth-order valence-corrected chi connectivity index (χ4v) is 2.81. The lowest BCUT2D eigenvalue weighted by Crippen LogP contribution is -2.24. The molecule has 0 bridgehead atoms. The van der Waals surface area contributed by atoms with Crippen LogP contribution in [0.3, 0.4) is 0 Å². The number of benzene rings is 3. The number of carbonyl (C=O) groups is 1. The molecule has 3 aromatic carbocycles. The Bertz CT molecular complexity index is 996. The van der Waals surface area contributed by atoms with Crippen LogP contribution in [0.5, 0.6) is 11.5 Å². The summed E-state index contributed by atoms with van der Waals surface area (Å²) in [5, 5.41) is 6.14. The van der Waals surface area contributed by atoms with E-state index in [-0.39, 0.29) is 12.5 Å². The van der Waals surface area contributed by atoms with Crippen LogP contribution >= 0.6 is 0 Å². The number of hydrogen-bond donors (Lipinski definition) is 1. The Hall–Kier alpha value is -3.34. The van der Waals surface area contributed by atoms with Crippen molar-refractivity contribution >= 4 is 22.9 Å². The summed E-state index contributed by atoms with van der Waals surface area (Å²) in [4.78, 5) is 12.0. The van der Waals surface area contributed by atoms with E-state index in [9.17, 15) is 4.79 Å². The molecular weight excluding hydrogens is 340 g/mol. The van der Waals surface area contributed by atoms with Crippen molar-refractivity contribution in [2.45, 2.75) is 13.8 Å². The Morgan fingerprint density at radius 1 is 1.04 bits per heavy atom. The highest BCUT2D eigenvalue weighted by Crippen LogP contribution is 2.26. The molecule has 0 aromatic heterocycles. The Labute approximate surface area is 158 Å². The zero-order valence-electron chi connectivity index (χ0n) is 15.7. The van der Waals surface area contributed by atoms with Crippen LogP contribution in [-0.2, 0) is 4.79 Å². The lowest BCUT2D eigenvalue weighted by Gasteiger charge is -2.10. The number of hydrazone groups is 1. The van der Waals surface area contributed by atoms with Crippen molar-refractivity contribution < 1.29 is 14.3 Å². The first-order valence-electron chi connectivity index (χ1n) is 8.67. The number of fused-ring (bicyclic) bond motifs is 1. The van der Waals surface area contributed by atoms with Crippen LogP contribution in [0.2, 0.25) is 0 Å². The summed E-state index contributed by atoms with van der Waals surface area (Å²) in [6.07, 6.45) is 1.59. The molecule has 0 unspecified atom stereocenters. The summed E-state index contributed by atoms with van der Waals surface area (Å²) in [5.41, 5.74) is 5.45. The van der Waals surface area contributed by atoms with E-state index in [2.05, 4.69) is 10.5 Å². The van der Waals surface area contributed by atoms with Gasteiger partial charge in [-0.25, -0.2) is 5.43 Å². The van der Waals surface area contributed by atoms with Crippen LogP contribution in [0.1, 0.15) is 16.7 Å². The van der Waals surface area contributed by atoms with Gasteiger partial charge in [-0.2, -0.15) is 5.10 Å². The van der Waals surface area contributed by atoms with E-state index in [4.69, 9.17) is 9.47 Å². The largest absolute Gasteiger partial charge is 0.496 e. The van der Waals surface area contributed by atoms with Gasteiger partial charge in [-0.05, 0) is 47.9 Å². The van der Waals surface area contributed by atoms with Crippen LogP contribution < -0.4 is 14.9 Å². The minimum atomic E-state index is -0.327. The molecule has 0 fully saturated rings. The van der Waals surface area contributed by atoms with Gasteiger partial charge in [0, 0.05) is 5.56 Å². The van der Waals surface area contributed by atoms with E-state index in [1.165, 1.54) is 0 Å². The number of ether oxygens (including phenoxy) is 2. The van der Waals surface area contributed by atoms with Crippen LogP contribution in [-0.4, -0.2) is 25.8 Å². The molecule has 0 saturated carbocycles. The maximum atomic E-state index is 12.0. The van der Waals surface area contributed by atoms with Gasteiger partial charge in [0.15, 0.2) is 6.61 Å². The second-order valence-corrected chi connectivity index (χ2v) is 6.18. The molecule has 1 N–H and O–H groups in total. The van der Waals surface area contributed by atoms with E-state index in [1.807, 2.05) is 68.4 Å². The minimum Gasteiger partial charge on any atom is -0.496 e. The fourth-order valence-electron chi connectivity index (χ4n) is 2.81. The highest BCUT2D eigenvalue weighted by atomic mass is 16.5. The standard InChI is InChI=1S/C22H22N2O3/c1-15-7-6-10-20(16(15)2)27-14-22(25)24-23-13-19-18-9-5-4-8-17(18)11-12-21(19)26-3/h4-13H,14H2,1-3H3,(H,24,25). The Balaban J connectivity index is 1.68. The van der Waals surface area contributed by atoms with Gasteiger partial charge >= 0.3 is 0 Å². The van der Waals surface area contributed by atoms with Gasteiger partial charge in [0.1, 0.15) is 11.5 Å². The monoisotopic (exact) mass is 362 g/mol. The van der Waals surface area contributed by atoms with E-state index in [0.29, 0.717) is 11.5 Å². The van der Waals surface area contributed by atoms with E-state index in [1.54, 1.807) is 13.3 Å². The quantitative estimate of drug-likeness (QED) is 0.533. The second kappa shape index (κ2) is 8.36. The van der Waals surface area contributed by atoms with Gasteiger partial charge < -0.3 is 9.47 Å². The van der Waals surface area contributed by atoms with Crippen molar-refractivity contribution in [2.24, 2.45) is 5.10 Å². The molecule has 3 aromatic rings. The molecule has 0 heterocycles. The third kappa shape index (κ3) is 4.26. The number of nitrogens with zero attached hydrogens (tertiary/aromatic N) is 1. The number of methoxy groups -OCH3 is 1. The predicted molar refractivity (Wildman–Crippen MR) is 108 cm³/mol. The first-order chi connectivity index (χ1) is 13.1. The summed E-state index contributed by atoms with van der Waals surface area (Å²) in [6, 6.07) is 17.6. The van der Waals surface area contributed by atoms with E-state index < -0.39 is 0 Å². The summed E-state index contributed by atoms with van der Waals surface area (Å²) < 4.78 is 11.0. The SMILES string of the molecule is COc1ccc2ccccc2c1C=NNC(=O)COc1cccc(C)c1C. The molecule has 5 heteroatoms. The highest BCUT2D eigenvalue weighted by molar-refractivity contribution is 6.02. The summed E-state index contributed by atoms with van der Waals surface area (Å²) in [6.45, 7) is 3.87. The molecule has 0 spiro atoms. The molecule has 0 radical (unpaired) electrons. The van der Waals surface area contributed by atoms with Gasteiger partial charge in [0.25, 0.3) is 5.91 Å². The number of rotatable bonds is 6. The smallest absolute Gasteiger partial charge is 0.277 e. The predicted octanol–water partition coefficient (Wildman–Crippen LogP) is 3.99. The van der Waals surface area contributed by atoms with Crippen molar-refractivity contribution in [3.8, 4) is 11.5 Å². The number of amides is 1. The van der Waals surface area contributed by atoms with E-state index >= 15 is 0 Å². The molecule has 3 rings (SSSR count). The molecule has 0 atom stereocenters. The zero-order valence-corrected chi connectivity index (χ0v) is 15.7. The third-order valence-electron chi connectivity index (χ3n) is 4.45. The second-order valence-electron chi connectivity index (χ2n) is 6.18. The topological polar surface area (TPSA) is 59.9 Å². The lowest BCUT2D eigenvalue weighted by molar-refractivity contribution is -0.123. The first-order valence-corrected chi connectivity index (χ1v) is 8.67. The van der Waals surface area contributed by atoms with Gasteiger partial charge in [-0.15, -0.1) is 0 Å². The molecule has 1 amide bonds. The Morgan fingerprint density at radius 2 is 1.85 bits per heavy atom. The molecule has 0 aliphatic carbocycles. The molecule has 138 valence electrons. The number of aryl methyl sites for hydroxylation is 1. The summed E-state index contributed by atoms with van der Waals surface area (Å²) >= 11 is 0. The third-order valence-corrected chi connectivity index (χ3v) is 4.45. The van der Waals surface area contributed by atoms with Gasteiger partial charge in [-0.3, -0.25) is 4.79 Å². The zero-order chi connectivity index (χ0) is 19.2. The van der Waals surface area contributed by atoms with Crippen LogP contribution in [0.25, 0.3) is 10.8 Å². The van der Waals surface area contributed by atoms with E-state index in [0.717, 1.165) is 27.5 Å². The summed E-state index contributed by atoms with van der Waals surface area (Å²) in [7, 11) is 1.61. The Morgan fingerprint density at radius 3 is 2.67 bits per heavy atom. The van der Waals surface area contributed by atoms with Gasteiger partial charge in [0.2, 0.25) is 0 Å². The van der Waals surface area contributed by atoms with Crippen molar-refractivity contribution in [2.75, 3.05) is 13.7 Å². The maximum absolute atomic E-state index is 12.0. The average Bonchev–Trinajstić information content (AvgIpc) is 2.69. The first kappa shape index (κ1) is 18.5. The highest BCUT2D eigenvalue weighted by Gasteiger charge is 2.07. The van der Waals surface area contributed by atoms with Crippen LogP contribution in [0.15, 0.2) is 59.7 Å². The molecule has 27 heavy (non-hydrogen) atoms. The molecule has 0 aliphatic heterocycles. The van der Waals surface area contributed by atoms with Gasteiger partial charge in [0.05, 0.1) is 13.3 Å². The van der Waals surface area contributed by atoms with Gasteiger partial charge in [-0.1, -0.05) is 42.5 Å². The van der Waals surface area contributed by atoms with Crippen LogP contribution in [0.4, 0.5) is 0 Å². The number of nitrogens with one attached hydrogen (secondary N) is 1. The molecular formula is C22H22N2O3. The average molecular weight is 362 g/mol.